The van der Waals surface area contributed by atoms with E-state index in [9.17, 15) is 18.4 Å². The molecule has 0 fully saturated rings. The molecular weight excluding hydrogens is 338 g/mol. The first kappa shape index (κ1) is 19.6. The van der Waals surface area contributed by atoms with E-state index in [-0.39, 0.29) is 30.0 Å². The van der Waals surface area contributed by atoms with Gasteiger partial charge in [0, 0.05) is 24.6 Å². The first-order valence-corrected chi connectivity index (χ1v) is 8.30. The van der Waals surface area contributed by atoms with Crippen LogP contribution in [0.15, 0.2) is 42.5 Å². The lowest BCUT2D eigenvalue weighted by atomic mass is 9.87. The Morgan fingerprint density at radius 2 is 1.65 bits per heavy atom. The zero-order valence-electron chi connectivity index (χ0n) is 15.0. The summed E-state index contributed by atoms with van der Waals surface area (Å²) in [5.74, 6) is -2.32. The fraction of sp³-hybridized carbons (Fsp3) is 0.300. The van der Waals surface area contributed by atoms with Crippen LogP contribution in [0.25, 0.3) is 0 Å². The highest BCUT2D eigenvalue weighted by atomic mass is 19.1. The normalized spacial score (nSPS) is 11.1. The molecule has 0 spiro atoms. The van der Waals surface area contributed by atoms with Crippen LogP contribution in [-0.4, -0.2) is 18.4 Å². The number of nitrogens with one attached hydrogen (secondary N) is 2. The van der Waals surface area contributed by atoms with Crippen molar-refractivity contribution in [3.63, 3.8) is 0 Å². The van der Waals surface area contributed by atoms with E-state index in [1.165, 1.54) is 0 Å². The Hall–Kier alpha value is -2.76. The molecule has 6 heteroatoms. The highest BCUT2D eigenvalue weighted by molar-refractivity contribution is 5.95. The molecule has 0 saturated heterocycles. The number of rotatable bonds is 5. The third-order valence-corrected chi connectivity index (χ3v) is 3.86. The Balaban J connectivity index is 1.83. The molecule has 2 N–H and O–H groups in total. The molecule has 0 unspecified atom stereocenters. The van der Waals surface area contributed by atoms with Crippen molar-refractivity contribution < 1.29 is 18.4 Å². The van der Waals surface area contributed by atoms with Crippen molar-refractivity contribution in [2.75, 3.05) is 11.9 Å². The second kappa shape index (κ2) is 8.08. The number of hydrogen-bond donors (Lipinski definition) is 2. The van der Waals surface area contributed by atoms with Crippen LogP contribution >= 0.6 is 0 Å². The monoisotopic (exact) mass is 360 g/mol. The SMILES string of the molecule is CC(C)(C)c1ccc(C(=O)NCCC(=O)Nc2ccc(F)cc2F)cc1. The van der Waals surface area contributed by atoms with Gasteiger partial charge in [-0.15, -0.1) is 0 Å². The minimum atomic E-state index is -0.846. The number of benzene rings is 2. The van der Waals surface area contributed by atoms with Gasteiger partial charge >= 0.3 is 0 Å². The van der Waals surface area contributed by atoms with E-state index in [4.69, 9.17) is 0 Å². The van der Waals surface area contributed by atoms with Gasteiger partial charge in [-0.1, -0.05) is 32.9 Å². The molecule has 0 aliphatic heterocycles. The van der Waals surface area contributed by atoms with Gasteiger partial charge in [0.2, 0.25) is 5.91 Å². The van der Waals surface area contributed by atoms with E-state index in [2.05, 4.69) is 31.4 Å². The lowest BCUT2D eigenvalue weighted by Crippen LogP contribution is -2.27. The summed E-state index contributed by atoms with van der Waals surface area (Å²) in [5, 5.41) is 4.99. The molecule has 0 aromatic heterocycles. The average molecular weight is 360 g/mol. The van der Waals surface area contributed by atoms with Crippen LogP contribution in [0.1, 0.15) is 43.1 Å². The summed E-state index contributed by atoms with van der Waals surface area (Å²) in [6.07, 6.45) is -0.0252. The van der Waals surface area contributed by atoms with Crippen molar-refractivity contribution >= 4 is 17.5 Å². The fourth-order valence-corrected chi connectivity index (χ4v) is 2.32. The number of amides is 2. The molecule has 0 atom stereocenters. The lowest BCUT2D eigenvalue weighted by molar-refractivity contribution is -0.116. The van der Waals surface area contributed by atoms with E-state index in [1.54, 1.807) is 12.1 Å². The smallest absolute Gasteiger partial charge is 0.251 e. The maximum atomic E-state index is 13.5. The first-order chi connectivity index (χ1) is 12.2. The molecule has 138 valence electrons. The van der Waals surface area contributed by atoms with Crippen LogP contribution in [0.2, 0.25) is 0 Å². The lowest BCUT2D eigenvalue weighted by Gasteiger charge is -2.19. The topological polar surface area (TPSA) is 58.2 Å². The maximum absolute atomic E-state index is 13.5. The molecule has 4 nitrogen and oxygen atoms in total. The van der Waals surface area contributed by atoms with Gasteiger partial charge in [0.05, 0.1) is 5.69 Å². The summed E-state index contributed by atoms with van der Waals surface area (Å²) in [5.41, 5.74) is 1.53. The van der Waals surface area contributed by atoms with Gasteiger partial charge in [-0.2, -0.15) is 0 Å². The molecule has 0 aliphatic rings. The van der Waals surface area contributed by atoms with Crippen LogP contribution < -0.4 is 10.6 Å². The standard InChI is InChI=1S/C20H22F2N2O2/c1-20(2,3)14-6-4-13(5-7-14)19(26)23-11-10-18(25)24-17-9-8-15(21)12-16(17)22/h4-9,12H,10-11H2,1-3H3,(H,23,26)(H,24,25). The van der Waals surface area contributed by atoms with Crippen molar-refractivity contribution in [3.8, 4) is 0 Å². The molecule has 0 radical (unpaired) electrons. The van der Waals surface area contributed by atoms with Crippen molar-refractivity contribution in [2.24, 2.45) is 0 Å². The minimum Gasteiger partial charge on any atom is -0.352 e. The van der Waals surface area contributed by atoms with Gasteiger partial charge in [0.1, 0.15) is 11.6 Å². The van der Waals surface area contributed by atoms with Gasteiger partial charge in [-0.05, 0) is 35.2 Å². The predicted molar refractivity (Wildman–Crippen MR) is 97.1 cm³/mol. The third-order valence-electron chi connectivity index (χ3n) is 3.86. The molecule has 2 aromatic carbocycles. The summed E-state index contributed by atoms with van der Waals surface area (Å²) < 4.78 is 26.3. The number of hydrogen-bond acceptors (Lipinski definition) is 2. The Bertz CT molecular complexity index is 796. The van der Waals surface area contributed by atoms with Crippen LogP contribution in [0.5, 0.6) is 0 Å². The van der Waals surface area contributed by atoms with E-state index in [1.807, 2.05) is 12.1 Å². The van der Waals surface area contributed by atoms with Gasteiger partial charge in [0.15, 0.2) is 0 Å². The van der Waals surface area contributed by atoms with Gasteiger partial charge in [-0.3, -0.25) is 9.59 Å². The summed E-state index contributed by atoms with van der Waals surface area (Å²) in [4.78, 5) is 23.9. The largest absolute Gasteiger partial charge is 0.352 e. The van der Waals surface area contributed by atoms with Crippen LogP contribution in [0.4, 0.5) is 14.5 Å². The number of anilines is 1. The fourth-order valence-electron chi connectivity index (χ4n) is 2.32. The van der Waals surface area contributed by atoms with Crippen molar-refractivity contribution in [3.05, 3.63) is 65.2 Å². The second-order valence-electron chi connectivity index (χ2n) is 7.01. The minimum absolute atomic E-state index is 0.00270. The van der Waals surface area contributed by atoms with Crippen molar-refractivity contribution in [1.82, 2.24) is 5.32 Å². The Kier molecular flexibility index (Phi) is 6.08. The molecule has 0 aliphatic carbocycles. The summed E-state index contributed by atoms with van der Waals surface area (Å²) in [6.45, 7) is 6.37. The highest BCUT2D eigenvalue weighted by Gasteiger charge is 2.14. The highest BCUT2D eigenvalue weighted by Crippen LogP contribution is 2.22. The predicted octanol–water partition coefficient (Wildman–Crippen LogP) is 4.02. The van der Waals surface area contributed by atoms with Gasteiger partial charge < -0.3 is 10.6 Å². The molecule has 2 rings (SSSR count). The van der Waals surface area contributed by atoms with Gasteiger partial charge in [0.25, 0.3) is 5.91 Å². The van der Waals surface area contributed by atoms with Crippen molar-refractivity contribution in [1.29, 1.82) is 0 Å². The van der Waals surface area contributed by atoms with E-state index < -0.39 is 17.5 Å². The van der Waals surface area contributed by atoms with E-state index in [0.717, 1.165) is 17.7 Å². The zero-order valence-corrected chi connectivity index (χ0v) is 15.0. The Morgan fingerprint density at radius 1 is 1.00 bits per heavy atom. The quantitative estimate of drug-likeness (QED) is 0.846. The molecule has 2 amide bonds. The molecular formula is C20H22F2N2O2. The number of halogens is 2. The molecule has 0 bridgehead atoms. The number of carbonyl (C=O) groups is 2. The zero-order chi connectivity index (χ0) is 19.3. The summed E-state index contributed by atoms with van der Waals surface area (Å²) in [6, 6.07) is 10.2. The second-order valence-corrected chi connectivity index (χ2v) is 7.01. The third kappa shape index (κ3) is 5.37. The van der Waals surface area contributed by atoms with Crippen LogP contribution in [0.3, 0.4) is 0 Å². The Labute approximate surface area is 151 Å². The molecule has 26 heavy (non-hydrogen) atoms. The number of carbonyl (C=O) groups excluding carboxylic acids is 2. The van der Waals surface area contributed by atoms with E-state index >= 15 is 0 Å². The molecule has 0 heterocycles. The van der Waals surface area contributed by atoms with E-state index in [0.29, 0.717) is 11.6 Å². The van der Waals surface area contributed by atoms with Crippen molar-refractivity contribution in [2.45, 2.75) is 32.6 Å². The van der Waals surface area contributed by atoms with Crippen LogP contribution in [0, 0.1) is 11.6 Å². The Morgan fingerprint density at radius 3 is 2.23 bits per heavy atom. The van der Waals surface area contributed by atoms with Gasteiger partial charge in [-0.25, -0.2) is 8.78 Å². The van der Waals surface area contributed by atoms with Crippen LogP contribution in [-0.2, 0) is 10.2 Å². The average Bonchev–Trinajstić information content (AvgIpc) is 2.56. The summed E-state index contributed by atoms with van der Waals surface area (Å²) in [7, 11) is 0. The molecule has 0 saturated carbocycles. The first-order valence-electron chi connectivity index (χ1n) is 8.30. The summed E-state index contributed by atoms with van der Waals surface area (Å²) >= 11 is 0. The maximum Gasteiger partial charge on any atom is 0.251 e. The molecule has 2 aromatic rings.